The van der Waals surface area contributed by atoms with Crippen LogP contribution in [-0.4, -0.2) is 81.2 Å². The van der Waals surface area contributed by atoms with Crippen LogP contribution in [0.5, 0.6) is 5.75 Å². The summed E-state index contributed by atoms with van der Waals surface area (Å²) in [6, 6.07) is 11.7. The molecule has 0 spiro atoms. The van der Waals surface area contributed by atoms with E-state index in [4.69, 9.17) is 4.74 Å². The van der Waals surface area contributed by atoms with E-state index < -0.39 is 21.3 Å². The zero-order valence-corrected chi connectivity index (χ0v) is 31.4. The maximum Gasteiger partial charge on any atom is 0.264 e. The molecule has 2 atom stereocenters. The lowest BCUT2D eigenvalue weighted by molar-refractivity contribution is -0.153. The quantitative estimate of drug-likeness (QED) is 0.287. The van der Waals surface area contributed by atoms with Gasteiger partial charge in [0.2, 0.25) is 15.9 Å². The molecule has 10 heteroatoms. The molecule has 266 valence electrons. The number of rotatable bonds is 8. The summed E-state index contributed by atoms with van der Waals surface area (Å²) in [7, 11) is 0.102. The number of nitrogens with zero attached hydrogens (tertiary/aromatic N) is 3. The Morgan fingerprint density at radius 3 is 2.22 bits per heavy atom. The molecule has 1 saturated carbocycles. The molecule has 3 heterocycles. The molecule has 2 unspecified atom stereocenters. The molecule has 2 aromatic carbocycles. The molecule has 3 aliphatic rings. The summed E-state index contributed by atoms with van der Waals surface area (Å²) in [5.74, 6) is 0.572. The molecule has 3 fully saturated rings. The largest absolute Gasteiger partial charge is 0.497 e. The third kappa shape index (κ3) is 7.13. The number of likely N-dealkylation sites (tertiary alicyclic amines) is 2. The van der Waals surface area contributed by atoms with Crippen molar-refractivity contribution in [2.75, 3.05) is 46.6 Å². The van der Waals surface area contributed by atoms with Crippen LogP contribution in [0.1, 0.15) is 93.6 Å². The molecule has 2 aliphatic heterocycles. The summed E-state index contributed by atoms with van der Waals surface area (Å²) in [4.78, 5) is 32.5. The first-order valence-corrected chi connectivity index (χ1v) is 19.6. The van der Waals surface area contributed by atoms with E-state index in [0.717, 1.165) is 98.0 Å². The van der Waals surface area contributed by atoms with Gasteiger partial charge < -0.3 is 19.1 Å². The Morgan fingerprint density at radius 1 is 0.980 bits per heavy atom. The lowest BCUT2D eigenvalue weighted by Crippen LogP contribution is -2.63. The number of fused-ring (bicyclic) bond motifs is 3. The summed E-state index contributed by atoms with van der Waals surface area (Å²) in [6.07, 6.45) is 7.75. The number of nitrogens with one attached hydrogen (secondary N) is 1. The van der Waals surface area contributed by atoms with Crippen LogP contribution < -0.4 is 9.46 Å². The fourth-order valence-corrected chi connectivity index (χ4v) is 10.2. The highest BCUT2D eigenvalue weighted by Crippen LogP contribution is 2.48. The van der Waals surface area contributed by atoms with Crippen molar-refractivity contribution in [3.05, 3.63) is 53.1 Å². The van der Waals surface area contributed by atoms with Gasteiger partial charge in [-0.1, -0.05) is 39.2 Å². The topological polar surface area (TPSA) is 101 Å². The highest BCUT2D eigenvalue weighted by molar-refractivity contribution is 7.89. The molecule has 1 aromatic heterocycles. The third-order valence-electron chi connectivity index (χ3n) is 11.1. The van der Waals surface area contributed by atoms with Crippen molar-refractivity contribution in [3.63, 3.8) is 0 Å². The van der Waals surface area contributed by atoms with Gasteiger partial charge in [-0.25, -0.2) is 13.1 Å². The zero-order valence-electron chi connectivity index (χ0n) is 30.6. The number of methoxy groups -OCH3 is 1. The van der Waals surface area contributed by atoms with E-state index >= 15 is 0 Å². The molecule has 49 heavy (non-hydrogen) atoms. The van der Waals surface area contributed by atoms with Gasteiger partial charge in [0.25, 0.3) is 5.91 Å². The van der Waals surface area contributed by atoms with Crippen molar-refractivity contribution in [3.8, 4) is 17.0 Å². The van der Waals surface area contributed by atoms with Crippen molar-refractivity contribution in [1.82, 2.24) is 19.1 Å². The standard InChI is InChI=1S/C39H54N4O5S/c1-26-18-29(48-7)15-17-30(26)34-33(27-12-10-9-11-13-27)31-16-14-28(35(44)40-49(8,46)47)19-32(31)43(34)21-37(2,3)36(45)42-24-38(4)20-39(5,25-42)23-41(6)22-38/h14-19,27H,9-13,20-25H2,1-8H3,(H,40,44). The zero-order chi connectivity index (χ0) is 35.5. The molecule has 2 bridgehead atoms. The maximum atomic E-state index is 14.7. The predicted octanol–water partition coefficient (Wildman–Crippen LogP) is 6.58. The summed E-state index contributed by atoms with van der Waals surface area (Å²) < 4.78 is 34.1. The second kappa shape index (κ2) is 12.7. The summed E-state index contributed by atoms with van der Waals surface area (Å²) in [5, 5.41) is 1.05. The number of aryl methyl sites for hydroxylation is 1. The van der Waals surface area contributed by atoms with Gasteiger partial charge in [0.15, 0.2) is 0 Å². The first-order chi connectivity index (χ1) is 22.9. The van der Waals surface area contributed by atoms with Gasteiger partial charge in [-0.05, 0) is 105 Å². The smallest absolute Gasteiger partial charge is 0.264 e. The first-order valence-electron chi connectivity index (χ1n) is 17.7. The maximum absolute atomic E-state index is 14.7. The molecule has 1 aliphatic carbocycles. The van der Waals surface area contributed by atoms with Crippen molar-refractivity contribution in [2.24, 2.45) is 16.2 Å². The Hall–Kier alpha value is -3.37. The summed E-state index contributed by atoms with van der Waals surface area (Å²) in [5.41, 5.74) is 4.84. The highest BCUT2D eigenvalue weighted by atomic mass is 32.2. The molecule has 3 aromatic rings. The number of carbonyl (C=O) groups excluding carboxylic acids is 2. The Bertz CT molecular complexity index is 1870. The fraction of sp³-hybridized carbons (Fsp3) is 0.590. The fourth-order valence-electron chi connectivity index (χ4n) is 9.76. The van der Waals surface area contributed by atoms with E-state index in [2.05, 4.69) is 53.0 Å². The number of piperidine rings is 2. The van der Waals surface area contributed by atoms with Gasteiger partial charge in [-0.2, -0.15) is 0 Å². The van der Waals surface area contributed by atoms with E-state index in [9.17, 15) is 18.0 Å². The lowest BCUT2D eigenvalue weighted by Gasteiger charge is -2.57. The third-order valence-corrected chi connectivity index (χ3v) is 11.6. The van der Waals surface area contributed by atoms with E-state index in [1.807, 2.05) is 38.1 Å². The average Bonchev–Trinajstić information content (AvgIpc) is 3.30. The summed E-state index contributed by atoms with van der Waals surface area (Å²) in [6.45, 7) is 14.6. The highest BCUT2D eigenvalue weighted by Gasteiger charge is 2.50. The number of amides is 2. The second-order valence-electron chi connectivity index (χ2n) is 16.8. The second-order valence-corrected chi connectivity index (χ2v) is 18.6. The number of benzene rings is 2. The average molecular weight is 691 g/mol. The number of carbonyl (C=O) groups is 2. The first kappa shape index (κ1) is 35.5. The van der Waals surface area contributed by atoms with E-state index in [0.29, 0.717) is 12.5 Å². The lowest BCUT2D eigenvalue weighted by atomic mass is 9.65. The van der Waals surface area contributed by atoms with Crippen LogP contribution in [0.15, 0.2) is 36.4 Å². The predicted molar refractivity (Wildman–Crippen MR) is 195 cm³/mol. The minimum absolute atomic E-state index is 0.0350. The molecular formula is C39H54N4O5S. The number of sulfonamides is 1. The van der Waals surface area contributed by atoms with Gasteiger partial charge in [0.05, 0.1) is 24.5 Å². The minimum Gasteiger partial charge on any atom is -0.497 e. The van der Waals surface area contributed by atoms with Crippen molar-refractivity contribution in [1.29, 1.82) is 0 Å². The van der Waals surface area contributed by atoms with E-state index in [1.54, 1.807) is 13.2 Å². The van der Waals surface area contributed by atoms with Gasteiger partial charge >= 0.3 is 0 Å². The number of hydrogen-bond donors (Lipinski definition) is 1. The Morgan fingerprint density at radius 2 is 1.63 bits per heavy atom. The Labute approximate surface area is 292 Å². The van der Waals surface area contributed by atoms with Crippen molar-refractivity contribution >= 4 is 32.7 Å². The molecule has 6 rings (SSSR count). The minimum atomic E-state index is -3.75. The number of ether oxygens (including phenoxy) is 1. The van der Waals surface area contributed by atoms with Crippen LogP contribution in [0.3, 0.4) is 0 Å². The SMILES string of the molecule is COc1ccc(-c2c(C3CCCCC3)c3ccc(C(=O)NS(C)(=O)=O)cc3n2CC(C)(C)C(=O)N2CC3(C)CN(C)CC(C)(C2)C3)c(C)c1. The molecule has 9 nitrogen and oxygen atoms in total. The van der Waals surface area contributed by atoms with Gasteiger partial charge in [0, 0.05) is 54.8 Å². The van der Waals surface area contributed by atoms with Crippen molar-refractivity contribution in [2.45, 2.75) is 85.6 Å². The summed E-state index contributed by atoms with van der Waals surface area (Å²) >= 11 is 0. The molecular weight excluding hydrogens is 637 g/mol. The number of hydrogen-bond acceptors (Lipinski definition) is 6. The molecule has 1 N–H and O–H groups in total. The van der Waals surface area contributed by atoms with Crippen LogP contribution in [-0.2, 0) is 21.4 Å². The van der Waals surface area contributed by atoms with E-state index in [-0.39, 0.29) is 22.3 Å². The van der Waals surface area contributed by atoms with Gasteiger partial charge in [0.1, 0.15) is 5.75 Å². The molecule has 2 saturated heterocycles. The van der Waals surface area contributed by atoms with Crippen LogP contribution in [0.4, 0.5) is 0 Å². The monoisotopic (exact) mass is 690 g/mol. The Balaban J connectivity index is 1.52. The van der Waals surface area contributed by atoms with E-state index in [1.165, 1.54) is 12.0 Å². The van der Waals surface area contributed by atoms with Crippen LogP contribution in [0.2, 0.25) is 0 Å². The van der Waals surface area contributed by atoms with Crippen LogP contribution in [0, 0.1) is 23.2 Å². The molecule has 2 amide bonds. The normalized spacial score (nSPS) is 23.9. The van der Waals surface area contributed by atoms with Gasteiger partial charge in [-0.3, -0.25) is 9.59 Å². The Kier molecular flexibility index (Phi) is 9.23. The van der Waals surface area contributed by atoms with Crippen molar-refractivity contribution < 1.29 is 22.7 Å². The number of aromatic nitrogens is 1. The van der Waals surface area contributed by atoms with Crippen LogP contribution >= 0.6 is 0 Å². The molecule has 0 radical (unpaired) electrons. The van der Waals surface area contributed by atoms with Crippen LogP contribution in [0.25, 0.3) is 22.2 Å². The van der Waals surface area contributed by atoms with Gasteiger partial charge in [-0.15, -0.1) is 0 Å².